The smallest absolute Gasteiger partial charge is 0.280 e. The molecular weight excluding hydrogens is 247 g/mol. The highest BCUT2D eigenvalue weighted by Crippen LogP contribution is 2.08. The SMILES string of the molecule is CCc1nnc2c(=O)n(-c3cccc(F)c3)ccn12. The zero-order chi connectivity index (χ0) is 13.4. The molecule has 3 aromatic rings. The van der Waals surface area contributed by atoms with Gasteiger partial charge in [-0.1, -0.05) is 13.0 Å². The van der Waals surface area contributed by atoms with Gasteiger partial charge in [0.2, 0.25) is 5.65 Å². The highest BCUT2D eigenvalue weighted by atomic mass is 19.1. The minimum Gasteiger partial charge on any atom is -0.280 e. The summed E-state index contributed by atoms with van der Waals surface area (Å²) in [4.78, 5) is 12.3. The van der Waals surface area contributed by atoms with Crippen LogP contribution in [0.5, 0.6) is 0 Å². The highest BCUT2D eigenvalue weighted by Gasteiger charge is 2.10. The van der Waals surface area contributed by atoms with E-state index in [0.29, 0.717) is 12.1 Å². The van der Waals surface area contributed by atoms with E-state index in [9.17, 15) is 9.18 Å². The number of aryl methyl sites for hydroxylation is 1. The van der Waals surface area contributed by atoms with Crippen molar-refractivity contribution in [1.29, 1.82) is 0 Å². The van der Waals surface area contributed by atoms with Gasteiger partial charge in [-0.05, 0) is 18.2 Å². The molecule has 0 spiro atoms. The first-order valence-electron chi connectivity index (χ1n) is 5.92. The van der Waals surface area contributed by atoms with Gasteiger partial charge in [0.1, 0.15) is 11.6 Å². The fourth-order valence-electron chi connectivity index (χ4n) is 2.01. The lowest BCUT2D eigenvalue weighted by Crippen LogP contribution is -2.20. The van der Waals surface area contributed by atoms with E-state index < -0.39 is 0 Å². The molecule has 2 heterocycles. The Morgan fingerprint density at radius 3 is 2.84 bits per heavy atom. The van der Waals surface area contributed by atoms with E-state index in [1.165, 1.54) is 16.7 Å². The molecule has 19 heavy (non-hydrogen) atoms. The van der Waals surface area contributed by atoms with Crippen LogP contribution in [-0.4, -0.2) is 19.2 Å². The molecular formula is C13H11FN4O. The van der Waals surface area contributed by atoms with Crippen LogP contribution in [0.3, 0.4) is 0 Å². The van der Waals surface area contributed by atoms with Gasteiger partial charge < -0.3 is 0 Å². The van der Waals surface area contributed by atoms with Gasteiger partial charge in [0.25, 0.3) is 0 Å². The topological polar surface area (TPSA) is 52.2 Å². The first kappa shape index (κ1) is 11.6. The monoisotopic (exact) mass is 258 g/mol. The van der Waals surface area contributed by atoms with Crippen LogP contribution in [0.4, 0.5) is 4.39 Å². The molecule has 0 aliphatic heterocycles. The van der Waals surface area contributed by atoms with Crippen LogP contribution in [0, 0.1) is 5.82 Å². The number of fused-ring (bicyclic) bond motifs is 1. The van der Waals surface area contributed by atoms with E-state index in [0.717, 1.165) is 5.82 Å². The molecule has 0 amide bonds. The Hall–Kier alpha value is -2.50. The standard InChI is InChI=1S/C13H11FN4O/c1-2-11-15-16-12-13(19)17(6-7-18(11)12)10-5-3-4-9(14)8-10/h3-8H,2H2,1H3. The number of aromatic nitrogens is 4. The summed E-state index contributed by atoms with van der Waals surface area (Å²) in [7, 11) is 0. The van der Waals surface area contributed by atoms with Gasteiger partial charge in [0.15, 0.2) is 0 Å². The van der Waals surface area contributed by atoms with E-state index in [1.807, 2.05) is 6.92 Å². The molecule has 0 saturated carbocycles. The second-order valence-corrected chi connectivity index (χ2v) is 4.12. The third-order valence-corrected chi connectivity index (χ3v) is 2.94. The second kappa shape index (κ2) is 4.31. The number of hydrogen-bond acceptors (Lipinski definition) is 3. The number of nitrogens with zero attached hydrogens (tertiary/aromatic N) is 4. The summed E-state index contributed by atoms with van der Waals surface area (Å²) < 4.78 is 16.2. The first-order chi connectivity index (χ1) is 9.20. The fraction of sp³-hybridized carbons (Fsp3) is 0.154. The molecule has 0 radical (unpaired) electrons. The van der Waals surface area contributed by atoms with E-state index in [1.54, 1.807) is 28.9 Å². The average molecular weight is 258 g/mol. The minimum atomic E-state index is -0.389. The van der Waals surface area contributed by atoms with Crippen LogP contribution in [-0.2, 0) is 6.42 Å². The van der Waals surface area contributed by atoms with Crippen molar-refractivity contribution in [1.82, 2.24) is 19.2 Å². The maximum absolute atomic E-state index is 13.2. The van der Waals surface area contributed by atoms with Gasteiger partial charge in [-0.25, -0.2) is 4.39 Å². The number of benzene rings is 1. The Kier molecular flexibility index (Phi) is 2.63. The van der Waals surface area contributed by atoms with Gasteiger partial charge in [0.05, 0.1) is 5.69 Å². The van der Waals surface area contributed by atoms with Gasteiger partial charge in [0, 0.05) is 18.8 Å². The van der Waals surface area contributed by atoms with Crippen LogP contribution in [0.25, 0.3) is 11.3 Å². The Bertz CT molecular complexity index is 806. The van der Waals surface area contributed by atoms with E-state index in [-0.39, 0.29) is 17.0 Å². The lowest BCUT2D eigenvalue weighted by Gasteiger charge is -2.06. The maximum atomic E-state index is 13.2. The molecule has 1 aromatic carbocycles. The predicted molar refractivity (Wildman–Crippen MR) is 67.9 cm³/mol. The third-order valence-electron chi connectivity index (χ3n) is 2.94. The van der Waals surface area contributed by atoms with Crippen LogP contribution in [0.2, 0.25) is 0 Å². The molecule has 96 valence electrons. The van der Waals surface area contributed by atoms with Crippen LogP contribution in [0.1, 0.15) is 12.7 Å². The molecule has 2 aromatic heterocycles. The molecule has 0 N–H and O–H groups in total. The predicted octanol–water partition coefficient (Wildman–Crippen LogP) is 1.58. The summed E-state index contributed by atoms with van der Waals surface area (Å²) in [5.41, 5.74) is 0.387. The Morgan fingerprint density at radius 1 is 1.26 bits per heavy atom. The zero-order valence-electron chi connectivity index (χ0n) is 10.2. The van der Waals surface area contributed by atoms with E-state index >= 15 is 0 Å². The Morgan fingerprint density at radius 2 is 2.11 bits per heavy atom. The molecule has 0 bridgehead atoms. The average Bonchev–Trinajstić information content (AvgIpc) is 2.83. The molecule has 0 atom stereocenters. The molecule has 0 aliphatic rings. The minimum absolute atomic E-state index is 0.239. The third kappa shape index (κ3) is 1.81. The number of rotatable bonds is 2. The largest absolute Gasteiger partial charge is 0.300 e. The van der Waals surface area contributed by atoms with Crippen molar-refractivity contribution in [3.8, 4) is 5.69 Å². The van der Waals surface area contributed by atoms with E-state index in [2.05, 4.69) is 10.2 Å². The summed E-state index contributed by atoms with van der Waals surface area (Å²) in [5.74, 6) is 0.332. The van der Waals surface area contributed by atoms with Gasteiger partial charge in [-0.3, -0.25) is 13.8 Å². The summed E-state index contributed by atoms with van der Waals surface area (Å²) >= 11 is 0. The lowest BCUT2D eigenvalue weighted by atomic mass is 10.3. The van der Waals surface area contributed by atoms with Gasteiger partial charge in [-0.15, -0.1) is 10.2 Å². The summed E-state index contributed by atoms with van der Waals surface area (Å²) in [5, 5.41) is 7.84. The van der Waals surface area contributed by atoms with Crippen molar-refractivity contribution in [3.05, 3.63) is 58.7 Å². The molecule has 0 aliphatic carbocycles. The molecule has 6 heteroatoms. The summed E-state index contributed by atoms with van der Waals surface area (Å²) in [6, 6.07) is 5.86. The summed E-state index contributed by atoms with van der Waals surface area (Å²) in [6.45, 7) is 1.94. The molecule has 3 rings (SSSR count). The quantitative estimate of drug-likeness (QED) is 0.701. The molecule has 5 nitrogen and oxygen atoms in total. The maximum Gasteiger partial charge on any atom is 0.300 e. The molecule has 0 saturated heterocycles. The molecule has 0 unspecified atom stereocenters. The van der Waals surface area contributed by atoms with Crippen molar-refractivity contribution in [3.63, 3.8) is 0 Å². The number of halogens is 1. The van der Waals surface area contributed by atoms with Crippen LogP contribution < -0.4 is 5.56 Å². The Labute approximate surface area is 108 Å². The van der Waals surface area contributed by atoms with Gasteiger partial charge >= 0.3 is 5.56 Å². The van der Waals surface area contributed by atoms with Crippen LogP contribution >= 0.6 is 0 Å². The number of hydrogen-bond donors (Lipinski definition) is 0. The highest BCUT2D eigenvalue weighted by molar-refractivity contribution is 5.40. The fourth-order valence-corrected chi connectivity index (χ4v) is 2.01. The van der Waals surface area contributed by atoms with Gasteiger partial charge in [-0.2, -0.15) is 0 Å². The zero-order valence-corrected chi connectivity index (χ0v) is 10.2. The van der Waals surface area contributed by atoms with Crippen molar-refractivity contribution in [2.45, 2.75) is 13.3 Å². The normalized spacial score (nSPS) is 11.1. The second-order valence-electron chi connectivity index (χ2n) is 4.12. The van der Waals surface area contributed by atoms with E-state index in [4.69, 9.17) is 0 Å². The first-order valence-corrected chi connectivity index (χ1v) is 5.92. The molecule has 0 fully saturated rings. The van der Waals surface area contributed by atoms with Crippen molar-refractivity contribution in [2.24, 2.45) is 0 Å². The Balaban J connectivity index is 2.27. The van der Waals surface area contributed by atoms with Crippen molar-refractivity contribution >= 4 is 5.65 Å². The lowest BCUT2D eigenvalue weighted by molar-refractivity contribution is 0.626. The van der Waals surface area contributed by atoms with Crippen LogP contribution in [0.15, 0.2) is 41.5 Å². The summed E-state index contributed by atoms with van der Waals surface area (Å²) in [6.07, 6.45) is 3.98. The van der Waals surface area contributed by atoms with Crippen molar-refractivity contribution in [2.75, 3.05) is 0 Å². The van der Waals surface area contributed by atoms with Crippen molar-refractivity contribution < 1.29 is 4.39 Å².